The zero-order chi connectivity index (χ0) is 14.7. The molecule has 0 bridgehead atoms. The number of hydrogen-bond acceptors (Lipinski definition) is 4. The van der Waals surface area contributed by atoms with E-state index in [9.17, 15) is 9.90 Å². The number of nitrogens with one attached hydrogen (secondary N) is 1. The quantitative estimate of drug-likeness (QED) is 0.887. The van der Waals surface area contributed by atoms with Gasteiger partial charge in [-0.15, -0.1) is 0 Å². The highest BCUT2D eigenvalue weighted by molar-refractivity contribution is 7.07. The fourth-order valence-electron chi connectivity index (χ4n) is 1.85. The molecule has 5 nitrogen and oxygen atoms in total. The smallest absolute Gasteiger partial charge is 0.269 e. The molecule has 2 heterocycles. The van der Waals surface area contributed by atoms with E-state index in [2.05, 4.69) is 10.4 Å². The summed E-state index contributed by atoms with van der Waals surface area (Å²) in [5, 5.41) is 20.7. The van der Waals surface area contributed by atoms with Crippen molar-refractivity contribution >= 4 is 17.2 Å². The average molecular weight is 293 g/mol. The van der Waals surface area contributed by atoms with E-state index in [0.717, 1.165) is 11.3 Å². The number of hydrogen-bond donors (Lipinski definition) is 2. The van der Waals surface area contributed by atoms with Gasteiger partial charge in [0.2, 0.25) is 0 Å². The zero-order valence-electron chi connectivity index (χ0n) is 11.8. The molecule has 0 fully saturated rings. The zero-order valence-corrected chi connectivity index (χ0v) is 12.6. The van der Waals surface area contributed by atoms with Crippen LogP contribution in [0.4, 0.5) is 0 Å². The molecule has 1 atom stereocenters. The number of aliphatic hydroxyl groups is 1. The van der Waals surface area contributed by atoms with E-state index in [4.69, 9.17) is 0 Å². The maximum atomic E-state index is 12.1. The van der Waals surface area contributed by atoms with E-state index in [1.54, 1.807) is 17.8 Å². The number of amides is 1. The summed E-state index contributed by atoms with van der Waals surface area (Å²) in [6.45, 7) is 4.26. The van der Waals surface area contributed by atoms with E-state index in [1.165, 1.54) is 11.3 Å². The van der Waals surface area contributed by atoms with Crippen molar-refractivity contribution < 1.29 is 9.90 Å². The first-order valence-electron chi connectivity index (χ1n) is 6.51. The van der Waals surface area contributed by atoms with Crippen LogP contribution in [0.15, 0.2) is 22.9 Å². The number of rotatable bonds is 5. The lowest BCUT2D eigenvalue weighted by Crippen LogP contribution is -2.29. The molecule has 108 valence electrons. The van der Waals surface area contributed by atoms with E-state index in [-0.39, 0.29) is 18.4 Å². The average Bonchev–Trinajstić information content (AvgIpc) is 3.04. The van der Waals surface area contributed by atoms with Gasteiger partial charge in [-0.3, -0.25) is 9.48 Å². The van der Waals surface area contributed by atoms with Crippen LogP contribution in [-0.4, -0.2) is 27.3 Å². The summed E-state index contributed by atoms with van der Waals surface area (Å²) in [6.07, 6.45) is -0.678. The number of aromatic nitrogens is 2. The lowest BCUT2D eigenvalue weighted by atomic mass is 10.1. The van der Waals surface area contributed by atoms with Crippen molar-refractivity contribution in [2.75, 3.05) is 6.54 Å². The van der Waals surface area contributed by atoms with E-state index < -0.39 is 6.10 Å². The molecule has 0 aromatic carbocycles. The van der Waals surface area contributed by atoms with Gasteiger partial charge in [-0.1, -0.05) is 13.8 Å². The third-order valence-corrected chi connectivity index (χ3v) is 3.81. The standard InChI is InChI=1S/C14H19N3O2S/c1-9(2)11-6-12(17(3)16-11)14(19)15-7-13(18)10-4-5-20-8-10/h4-6,8-9,13,18H,7H2,1-3H3,(H,15,19). The maximum absolute atomic E-state index is 12.1. The molecule has 1 unspecified atom stereocenters. The summed E-state index contributed by atoms with van der Waals surface area (Å²) >= 11 is 1.52. The van der Waals surface area contributed by atoms with Crippen LogP contribution in [0.1, 0.15) is 47.6 Å². The van der Waals surface area contributed by atoms with Crippen molar-refractivity contribution in [3.63, 3.8) is 0 Å². The minimum atomic E-state index is -0.678. The first-order chi connectivity index (χ1) is 9.49. The predicted octanol–water partition coefficient (Wildman–Crippen LogP) is 2.07. The Balaban J connectivity index is 1.98. The summed E-state index contributed by atoms with van der Waals surface area (Å²) in [5.74, 6) is 0.0559. The number of carbonyl (C=O) groups is 1. The van der Waals surface area contributed by atoms with Gasteiger partial charge < -0.3 is 10.4 Å². The molecule has 0 aliphatic rings. The van der Waals surface area contributed by atoms with Gasteiger partial charge in [0.15, 0.2) is 0 Å². The lowest BCUT2D eigenvalue weighted by molar-refractivity contribution is 0.0907. The lowest BCUT2D eigenvalue weighted by Gasteiger charge is -2.10. The van der Waals surface area contributed by atoms with Crippen LogP contribution in [0, 0.1) is 0 Å². The van der Waals surface area contributed by atoms with Gasteiger partial charge in [0.1, 0.15) is 5.69 Å². The van der Waals surface area contributed by atoms with Crippen LogP contribution < -0.4 is 5.32 Å². The van der Waals surface area contributed by atoms with Crippen molar-refractivity contribution in [2.24, 2.45) is 7.05 Å². The Bertz CT molecular complexity index is 575. The van der Waals surface area contributed by atoms with Crippen molar-refractivity contribution in [3.8, 4) is 0 Å². The minimum absolute atomic E-state index is 0.192. The van der Waals surface area contributed by atoms with Gasteiger partial charge in [-0.25, -0.2) is 0 Å². The van der Waals surface area contributed by atoms with Crippen molar-refractivity contribution in [1.29, 1.82) is 0 Å². The molecule has 2 N–H and O–H groups in total. The Hall–Kier alpha value is -1.66. The molecule has 2 rings (SSSR count). The highest BCUT2D eigenvalue weighted by Gasteiger charge is 2.16. The number of aliphatic hydroxyl groups excluding tert-OH is 1. The summed E-state index contributed by atoms with van der Waals surface area (Å²) < 4.78 is 1.57. The van der Waals surface area contributed by atoms with Crippen molar-refractivity contribution in [3.05, 3.63) is 39.8 Å². The maximum Gasteiger partial charge on any atom is 0.269 e. The molecule has 0 aliphatic carbocycles. The summed E-state index contributed by atoms with van der Waals surface area (Å²) in [4.78, 5) is 12.1. The molecule has 2 aromatic heterocycles. The van der Waals surface area contributed by atoms with Gasteiger partial charge in [0.25, 0.3) is 5.91 Å². The predicted molar refractivity (Wildman–Crippen MR) is 78.9 cm³/mol. The Kier molecular flexibility index (Phi) is 4.57. The molecule has 6 heteroatoms. The fourth-order valence-corrected chi connectivity index (χ4v) is 2.55. The highest BCUT2D eigenvalue weighted by atomic mass is 32.1. The molecule has 20 heavy (non-hydrogen) atoms. The molecule has 1 amide bonds. The first kappa shape index (κ1) is 14.7. The fraction of sp³-hybridized carbons (Fsp3) is 0.429. The minimum Gasteiger partial charge on any atom is -0.387 e. The Morgan fingerprint density at radius 3 is 2.85 bits per heavy atom. The third kappa shape index (κ3) is 3.26. The Labute approximate surface area is 122 Å². The number of carbonyl (C=O) groups excluding carboxylic acids is 1. The second kappa shape index (κ2) is 6.19. The largest absolute Gasteiger partial charge is 0.387 e. The van der Waals surface area contributed by atoms with Crippen LogP contribution in [0.2, 0.25) is 0 Å². The third-order valence-electron chi connectivity index (χ3n) is 3.11. The first-order valence-corrected chi connectivity index (χ1v) is 7.45. The molecular weight excluding hydrogens is 274 g/mol. The second-order valence-electron chi connectivity index (χ2n) is 5.02. The van der Waals surface area contributed by atoms with Crippen LogP contribution >= 0.6 is 11.3 Å². The van der Waals surface area contributed by atoms with Gasteiger partial charge in [-0.2, -0.15) is 16.4 Å². The van der Waals surface area contributed by atoms with Gasteiger partial charge in [0.05, 0.1) is 11.8 Å². The molecule has 0 saturated heterocycles. The topological polar surface area (TPSA) is 67.2 Å². The summed E-state index contributed by atoms with van der Waals surface area (Å²) in [5.41, 5.74) is 2.21. The summed E-state index contributed by atoms with van der Waals surface area (Å²) in [7, 11) is 1.75. The highest BCUT2D eigenvalue weighted by Crippen LogP contribution is 2.16. The van der Waals surface area contributed by atoms with Crippen molar-refractivity contribution in [1.82, 2.24) is 15.1 Å². The van der Waals surface area contributed by atoms with Gasteiger partial charge >= 0.3 is 0 Å². The molecule has 0 spiro atoms. The number of nitrogens with zero attached hydrogens (tertiary/aromatic N) is 2. The number of thiophene rings is 1. The Morgan fingerprint density at radius 1 is 1.55 bits per heavy atom. The van der Waals surface area contributed by atoms with E-state index in [0.29, 0.717) is 5.69 Å². The van der Waals surface area contributed by atoms with Crippen LogP contribution in [0.5, 0.6) is 0 Å². The Morgan fingerprint density at radius 2 is 2.30 bits per heavy atom. The SMILES string of the molecule is CC(C)c1cc(C(=O)NCC(O)c2ccsc2)n(C)n1. The normalized spacial score (nSPS) is 12.7. The molecule has 0 aliphatic heterocycles. The molecule has 0 saturated carbocycles. The molecule has 0 radical (unpaired) electrons. The summed E-state index contributed by atoms with van der Waals surface area (Å²) in [6, 6.07) is 3.64. The van der Waals surface area contributed by atoms with E-state index in [1.807, 2.05) is 30.7 Å². The van der Waals surface area contributed by atoms with Gasteiger partial charge in [-0.05, 0) is 34.4 Å². The molecular formula is C14H19N3O2S. The van der Waals surface area contributed by atoms with E-state index >= 15 is 0 Å². The van der Waals surface area contributed by atoms with Crippen LogP contribution in [0.3, 0.4) is 0 Å². The van der Waals surface area contributed by atoms with Crippen molar-refractivity contribution in [2.45, 2.75) is 25.9 Å². The van der Waals surface area contributed by atoms with Gasteiger partial charge in [0, 0.05) is 13.6 Å². The number of aryl methyl sites for hydroxylation is 1. The monoisotopic (exact) mass is 293 g/mol. The second-order valence-corrected chi connectivity index (χ2v) is 5.80. The van der Waals surface area contributed by atoms with Crippen LogP contribution in [0.25, 0.3) is 0 Å². The molecule has 2 aromatic rings. The van der Waals surface area contributed by atoms with Crippen LogP contribution in [-0.2, 0) is 7.05 Å².